The van der Waals surface area contributed by atoms with Crippen molar-refractivity contribution < 1.29 is 17.9 Å². The number of ketones is 1. The molecule has 140 valence electrons. The minimum Gasteiger partial charge on any atom is -0.484 e. The standard InChI is InChI=1S/C18H19BrClNO4S/c1-11-7-15(12(2)21(11)14-5-6-26(23,24)10-14)17(22)9-25-18-4-3-13(19)8-16(18)20/h3-4,7-8,14H,5-6,9-10H2,1-2H3. The molecule has 0 N–H and O–H groups in total. The molecule has 2 aromatic rings. The highest BCUT2D eigenvalue weighted by Crippen LogP contribution is 2.30. The number of Topliss-reactive ketones (excluding diaryl/α,β-unsaturated/α-hetero) is 1. The average molecular weight is 461 g/mol. The van der Waals surface area contributed by atoms with Crippen molar-refractivity contribution >= 4 is 43.2 Å². The molecule has 0 bridgehead atoms. The lowest BCUT2D eigenvalue weighted by Gasteiger charge is -2.16. The van der Waals surface area contributed by atoms with Gasteiger partial charge in [-0.1, -0.05) is 27.5 Å². The van der Waals surface area contributed by atoms with Gasteiger partial charge in [0.05, 0.1) is 16.5 Å². The van der Waals surface area contributed by atoms with E-state index in [4.69, 9.17) is 16.3 Å². The first kappa shape index (κ1) is 19.5. The fourth-order valence-electron chi connectivity index (χ4n) is 3.41. The van der Waals surface area contributed by atoms with Crippen LogP contribution in [0.15, 0.2) is 28.7 Å². The van der Waals surface area contributed by atoms with E-state index in [0.29, 0.717) is 22.8 Å². The maximum atomic E-state index is 12.6. The maximum Gasteiger partial charge on any atom is 0.202 e. The van der Waals surface area contributed by atoms with Gasteiger partial charge >= 0.3 is 0 Å². The number of rotatable bonds is 5. The molecule has 2 heterocycles. The highest BCUT2D eigenvalue weighted by Gasteiger charge is 2.31. The first-order valence-corrected chi connectivity index (χ1v) is 11.2. The summed E-state index contributed by atoms with van der Waals surface area (Å²) in [7, 11) is -2.99. The largest absolute Gasteiger partial charge is 0.484 e. The third-order valence-corrected chi connectivity index (χ3v) is 7.15. The quantitative estimate of drug-likeness (QED) is 0.629. The molecular formula is C18H19BrClNO4S. The number of sulfone groups is 1. The van der Waals surface area contributed by atoms with E-state index >= 15 is 0 Å². The fraction of sp³-hybridized carbons (Fsp3) is 0.389. The zero-order valence-electron chi connectivity index (χ0n) is 14.5. The smallest absolute Gasteiger partial charge is 0.202 e. The molecule has 1 unspecified atom stereocenters. The monoisotopic (exact) mass is 459 g/mol. The molecule has 0 spiro atoms. The number of aromatic nitrogens is 1. The third-order valence-electron chi connectivity index (χ3n) is 4.61. The SMILES string of the molecule is Cc1cc(C(=O)COc2ccc(Br)cc2Cl)c(C)n1C1CCS(=O)(=O)C1. The van der Waals surface area contributed by atoms with Crippen molar-refractivity contribution in [1.29, 1.82) is 0 Å². The molecule has 1 aromatic carbocycles. The minimum absolute atomic E-state index is 0.108. The Balaban J connectivity index is 1.77. The molecule has 8 heteroatoms. The average Bonchev–Trinajstić information content (AvgIpc) is 3.05. The maximum absolute atomic E-state index is 12.6. The summed E-state index contributed by atoms with van der Waals surface area (Å²) in [6, 6.07) is 6.89. The Morgan fingerprint density at radius 1 is 1.35 bits per heavy atom. The van der Waals surface area contributed by atoms with E-state index in [-0.39, 0.29) is 29.9 Å². The first-order valence-electron chi connectivity index (χ1n) is 8.18. The molecule has 5 nitrogen and oxygen atoms in total. The molecule has 0 amide bonds. The molecule has 1 fully saturated rings. The van der Waals surface area contributed by atoms with Gasteiger partial charge in [0.2, 0.25) is 5.78 Å². The van der Waals surface area contributed by atoms with Gasteiger partial charge in [0.15, 0.2) is 16.4 Å². The number of nitrogens with zero attached hydrogens (tertiary/aromatic N) is 1. The molecular weight excluding hydrogens is 442 g/mol. The number of ether oxygens (including phenoxy) is 1. The molecule has 1 aromatic heterocycles. The van der Waals surface area contributed by atoms with Crippen LogP contribution in [0.3, 0.4) is 0 Å². The van der Waals surface area contributed by atoms with E-state index < -0.39 is 9.84 Å². The lowest BCUT2D eigenvalue weighted by atomic mass is 10.1. The van der Waals surface area contributed by atoms with Crippen molar-refractivity contribution in [3.8, 4) is 5.75 Å². The number of carbonyl (C=O) groups is 1. The van der Waals surface area contributed by atoms with Gasteiger partial charge in [-0.15, -0.1) is 0 Å². The Hall–Kier alpha value is -1.31. The van der Waals surface area contributed by atoms with Crippen molar-refractivity contribution in [1.82, 2.24) is 4.57 Å². The van der Waals surface area contributed by atoms with Crippen molar-refractivity contribution in [2.75, 3.05) is 18.1 Å². The summed E-state index contributed by atoms with van der Waals surface area (Å²) in [5.41, 5.74) is 2.22. The summed E-state index contributed by atoms with van der Waals surface area (Å²) < 4.78 is 31.9. The summed E-state index contributed by atoms with van der Waals surface area (Å²) in [6.07, 6.45) is 0.581. The van der Waals surface area contributed by atoms with Crippen LogP contribution in [0.25, 0.3) is 0 Å². The summed E-state index contributed by atoms with van der Waals surface area (Å²) in [4.78, 5) is 12.6. The molecule has 0 aliphatic carbocycles. The van der Waals surface area contributed by atoms with Gasteiger partial charge in [0.1, 0.15) is 5.75 Å². The highest BCUT2D eigenvalue weighted by molar-refractivity contribution is 9.10. The molecule has 26 heavy (non-hydrogen) atoms. The Labute approximate surface area is 166 Å². The van der Waals surface area contributed by atoms with Gasteiger partial charge in [-0.05, 0) is 44.5 Å². The number of benzene rings is 1. The summed E-state index contributed by atoms with van der Waals surface area (Å²) >= 11 is 9.43. The lowest BCUT2D eigenvalue weighted by Crippen LogP contribution is -2.16. The predicted octanol–water partition coefficient (Wildman–Crippen LogP) is 4.14. The van der Waals surface area contributed by atoms with Gasteiger partial charge < -0.3 is 9.30 Å². The number of aryl methyl sites for hydroxylation is 1. The Kier molecular flexibility index (Phi) is 5.51. The molecule has 1 aliphatic rings. The second-order valence-corrected chi connectivity index (χ2v) is 10.0. The van der Waals surface area contributed by atoms with Crippen molar-refractivity contribution in [3.05, 3.63) is 50.7 Å². The molecule has 1 atom stereocenters. The third kappa shape index (κ3) is 4.00. The van der Waals surface area contributed by atoms with Gasteiger partial charge in [-0.2, -0.15) is 0 Å². The number of hydrogen-bond acceptors (Lipinski definition) is 4. The van der Waals surface area contributed by atoms with Gasteiger partial charge in [-0.3, -0.25) is 4.79 Å². The van der Waals surface area contributed by atoms with Crippen LogP contribution in [0.5, 0.6) is 5.75 Å². The topological polar surface area (TPSA) is 65.4 Å². The molecule has 0 saturated carbocycles. The minimum atomic E-state index is -2.99. The van der Waals surface area contributed by atoms with Crippen LogP contribution in [-0.2, 0) is 9.84 Å². The first-order chi connectivity index (χ1) is 12.2. The Morgan fingerprint density at radius 2 is 2.08 bits per heavy atom. The number of halogens is 2. The van der Waals surface area contributed by atoms with Gasteiger partial charge in [0.25, 0.3) is 0 Å². The van der Waals surface area contributed by atoms with E-state index in [1.165, 1.54) is 0 Å². The van der Waals surface area contributed by atoms with Crippen LogP contribution in [-0.4, -0.2) is 36.9 Å². The van der Waals surface area contributed by atoms with Crippen LogP contribution in [0.2, 0.25) is 5.02 Å². The van der Waals surface area contributed by atoms with Crippen LogP contribution in [0, 0.1) is 13.8 Å². The van der Waals surface area contributed by atoms with Crippen LogP contribution < -0.4 is 4.74 Å². The number of carbonyl (C=O) groups excluding carboxylic acids is 1. The summed E-state index contributed by atoms with van der Waals surface area (Å²) in [5, 5.41) is 0.425. The van der Waals surface area contributed by atoms with Gasteiger partial charge in [0, 0.05) is 27.5 Å². The second kappa shape index (κ2) is 7.37. The van der Waals surface area contributed by atoms with E-state index in [2.05, 4.69) is 15.9 Å². The van der Waals surface area contributed by atoms with Crippen LogP contribution in [0.4, 0.5) is 0 Å². The van der Waals surface area contributed by atoms with Crippen LogP contribution >= 0.6 is 27.5 Å². The molecule has 0 radical (unpaired) electrons. The zero-order chi connectivity index (χ0) is 19.1. The summed E-state index contributed by atoms with van der Waals surface area (Å²) in [5.74, 6) is 0.605. The zero-order valence-corrected chi connectivity index (χ0v) is 17.6. The molecule has 3 rings (SSSR count). The van der Waals surface area contributed by atoms with Crippen molar-refractivity contribution in [3.63, 3.8) is 0 Å². The lowest BCUT2D eigenvalue weighted by molar-refractivity contribution is 0.0921. The number of hydrogen-bond donors (Lipinski definition) is 0. The Morgan fingerprint density at radius 3 is 2.69 bits per heavy atom. The molecule has 1 aliphatic heterocycles. The van der Waals surface area contributed by atoms with Crippen molar-refractivity contribution in [2.24, 2.45) is 0 Å². The van der Waals surface area contributed by atoms with Crippen LogP contribution in [0.1, 0.15) is 34.2 Å². The van der Waals surface area contributed by atoms with Gasteiger partial charge in [-0.25, -0.2) is 8.42 Å². The second-order valence-electron chi connectivity index (χ2n) is 6.50. The van der Waals surface area contributed by atoms with Crippen molar-refractivity contribution in [2.45, 2.75) is 26.3 Å². The van der Waals surface area contributed by atoms with E-state index in [0.717, 1.165) is 15.9 Å². The van der Waals surface area contributed by atoms with E-state index in [1.54, 1.807) is 24.3 Å². The fourth-order valence-corrected chi connectivity index (χ4v) is 5.84. The Bertz CT molecular complexity index is 968. The molecule has 1 saturated heterocycles. The summed E-state index contributed by atoms with van der Waals surface area (Å²) in [6.45, 7) is 3.60. The predicted molar refractivity (Wildman–Crippen MR) is 105 cm³/mol. The normalized spacial score (nSPS) is 18.8. The van der Waals surface area contributed by atoms with E-state index in [1.807, 2.05) is 18.4 Å². The van der Waals surface area contributed by atoms with E-state index in [9.17, 15) is 13.2 Å². The highest BCUT2D eigenvalue weighted by atomic mass is 79.9.